The SMILES string of the molecule is NNC(c1ccc(C(F)(F)F)cc1)c1cc2sccc2s1. The molecule has 1 atom stereocenters. The number of halogens is 3. The van der Waals surface area contributed by atoms with Gasteiger partial charge in [-0.15, -0.1) is 22.7 Å². The molecule has 110 valence electrons. The fourth-order valence-electron chi connectivity index (χ4n) is 2.13. The summed E-state index contributed by atoms with van der Waals surface area (Å²) in [6.45, 7) is 0. The standard InChI is InChI=1S/C14H11F3N2S2/c15-14(16,17)9-3-1-8(2-4-9)13(19-18)12-7-11-10(21-12)5-6-20-11/h1-7,13,19H,18H2. The zero-order chi connectivity index (χ0) is 15.0. The molecule has 3 N–H and O–H groups in total. The van der Waals surface area contributed by atoms with E-state index in [-0.39, 0.29) is 6.04 Å². The first-order valence-electron chi connectivity index (χ1n) is 6.09. The lowest BCUT2D eigenvalue weighted by Crippen LogP contribution is -2.28. The summed E-state index contributed by atoms with van der Waals surface area (Å²) in [4.78, 5) is 0.985. The number of nitrogens with two attached hydrogens (primary N) is 1. The van der Waals surface area contributed by atoms with E-state index in [2.05, 4.69) is 5.43 Å². The summed E-state index contributed by atoms with van der Waals surface area (Å²) < 4.78 is 40.1. The summed E-state index contributed by atoms with van der Waals surface area (Å²) in [7, 11) is 0. The summed E-state index contributed by atoms with van der Waals surface area (Å²) in [5.74, 6) is 5.59. The minimum Gasteiger partial charge on any atom is -0.271 e. The molecule has 0 bridgehead atoms. The molecule has 7 heteroatoms. The van der Waals surface area contributed by atoms with Crippen LogP contribution in [0.15, 0.2) is 41.8 Å². The Morgan fingerprint density at radius 3 is 2.33 bits per heavy atom. The van der Waals surface area contributed by atoms with Gasteiger partial charge in [0.05, 0.1) is 11.6 Å². The Morgan fingerprint density at radius 1 is 1.05 bits per heavy atom. The van der Waals surface area contributed by atoms with Crippen molar-refractivity contribution in [3.05, 3.63) is 57.8 Å². The fraction of sp³-hybridized carbons (Fsp3) is 0.143. The molecule has 0 fully saturated rings. The minimum absolute atomic E-state index is 0.308. The van der Waals surface area contributed by atoms with Gasteiger partial charge in [0.25, 0.3) is 0 Å². The van der Waals surface area contributed by atoms with Crippen LogP contribution < -0.4 is 11.3 Å². The normalized spacial score (nSPS) is 13.7. The van der Waals surface area contributed by atoms with Crippen LogP contribution in [0.3, 0.4) is 0 Å². The molecule has 3 aromatic rings. The van der Waals surface area contributed by atoms with Gasteiger partial charge < -0.3 is 0 Å². The van der Waals surface area contributed by atoms with Crippen molar-refractivity contribution in [1.29, 1.82) is 0 Å². The predicted molar refractivity (Wildman–Crippen MR) is 80.3 cm³/mol. The summed E-state index contributed by atoms with van der Waals surface area (Å²) in [5, 5.41) is 2.01. The van der Waals surface area contributed by atoms with Crippen LogP contribution in [-0.4, -0.2) is 0 Å². The zero-order valence-corrected chi connectivity index (χ0v) is 12.3. The monoisotopic (exact) mass is 328 g/mol. The first-order valence-corrected chi connectivity index (χ1v) is 7.79. The average Bonchev–Trinajstić information content (AvgIpc) is 3.00. The lowest BCUT2D eigenvalue weighted by atomic mass is 10.0. The third-order valence-corrected chi connectivity index (χ3v) is 5.34. The molecule has 0 aliphatic heterocycles. The molecule has 0 aliphatic carbocycles. The van der Waals surface area contributed by atoms with Gasteiger partial charge in [0.1, 0.15) is 0 Å². The van der Waals surface area contributed by atoms with Crippen molar-refractivity contribution in [2.24, 2.45) is 5.84 Å². The second-order valence-corrected chi connectivity index (χ2v) is 6.58. The van der Waals surface area contributed by atoms with Gasteiger partial charge >= 0.3 is 6.18 Å². The Labute approximate surface area is 127 Å². The first kappa shape index (κ1) is 14.5. The number of benzene rings is 1. The minimum atomic E-state index is -4.32. The molecule has 0 saturated carbocycles. The van der Waals surface area contributed by atoms with E-state index in [1.807, 2.05) is 17.5 Å². The van der Waals surface area contributed by atoms with Crippen LogP contribution in [0.2, 0.25) is 0 Å². The van der Waals surface area contributed by atoms with Crippen LogP contribution >= 0.6 is 22.7 Å². The summed E-state index contributed by atoms with van der Waals surface area (Å²) >= 11 is 3.22. The highest BCUT2D eigenvalue weighted by Gasteiger charge is 2.30. The van der Waals surface area contributed by atoms with Crippen molar-refractivity contribution in [3.63, 3.8) is 0 Å². The molecule has 1 unspecified atom stereocenters. The molecule has 2 nitrogen and oxygen atoms in total. The maximum Gasteiger partial charge on any atom is 0.416 e. The predicted octanol–water partition coefficient (Wildman–Crippen LogP) is 4.53. The van der Waals surface area contributed by atoms with Crippen molar-refractivity contribution in [2.45, 2.75) is 12.2 Å². The van der Waals surface area contributed by atoms with Gasteiger partial charge in [0.15, 0.2) is 0 Å². The van der Waals surface area contributed by atoms with E-state index in [9.17, 15) is 13.2 Å². The number of rotatable bonds is 3. The highest BCUT2D eigenvalue weighted by atomic mass is 32.1. The van der Waals surface area contributed by atoms with Crippen molar-refractivity contribution < 1.29 is 13.2 Å². The van der Waals surface area contributed by atoms with Gasteiger partial charge in [-0.25, -0.2) is 5.43 Å². The first-order chi connectivity index (χ1) is 9.99. The van der Waals surface area contributed by atoms with Gasteiger partial charge in [-0.05, 0) is 35.2 Å². The van der Waals surface area contributed by atoms with Gasteiger partial charge in [-0.2, -0.15) is 13.2 Å². The number of thiophene rings is 2. The van der Waals surface area contributed by atoms with E-state index in [4.69, 9.17) is 5.84 Å². The molecule has 0 aliphatic rings. The van der Waals surface area contributed by atoms with E-state index in [0.29, 0.717) is 5.56 Å². The van der Waals surface area contributed by atoms with Gasteiger partial charge in [0.2, 0.25) is 0 Å². The third kappa shape index (κ3) is 2.82. The van der Waals surface area contributed by atoms with Crippen LogP contribution in [0, 0.1) is 0 Å². The number of hydrogen-bond donors (Lipinski definition) is 2. The van der Waals surface area contributed by atoms with Crippen LogP contribution in [0.5, 0.6) is 0 Å². The molecule has 0 spiro atoms. The smallest absolute Gasteiger partial charge is 0.271 e. The summed E-state index contributed by atoms with van der Waals surface area (Å²) in [5.41, 5.74) is 2.73. The molecule has 0 saturated heterocycles. The Morgan fingerprint density at radius 2 is 1.76 bits per heavy atom. The van der Waals surface area contributed by atoms with Crippen molar-refractivity contribution in [2.75, 3.05) is 0 Å². The molecule has 0 radical (unpaired) electrons. The van der Waals surface area contributed by atoms with Crippen LogP contribution in [-0.2, 0) is 6.18 Å². The van der Waals surface area contributed by atoms with Crippen LogP contribution in [0.4, 0.5) is 13.2 Å². The van der Waals surface area contributed by atoms with Gasteiger partial charge in [0, 0.05) is 14.3 Å². The molecule has 2 aromatic heterocycles. The van der Waals surface area contributed by atoms with Crippen molar-refractivity contribution >= 4 is 32.1 Å². The van der Waals surface area contributed by atoms with E-state index in [1.165, 1.54) is 12.1 Å². The van der Waals surface area contributed by atoms with Crippen molar-refractivity contribution in [1.82, 2.24) is 5.43 Å². The lowest BCUT2D eigenvalue weighted by molar-refractivity contribution is -0.137. The Balaban J connectivity index is 1.94. The zero-order valence-electron chi connectivity index (χ0n) is 10.6. The molecule has 21 heavy (non-hydrogen) atoms. The number of fused-ring (bicyclic) bond motifs is 1. The Bertz CT molecular complexity index is 715. The number of nitrogens with one attached hydrogen (secondary N) is 1. The number of alkyl halides is 3. The van der Waals surface area contributed by atoms with E-state index < -0.39 is 11.7 Å². The highest BCUT2D eigenvalue weighted by molar-refractivity contribution is 7.27. The maximum absolute atomic E-state index is 12.6. The summed E-state index contributed by atoms with van der Waals surface area (Å²) in [6, 6.07) is 8.81. The fourth-order valence-corrected chi connectivity index (χ4v) is 4.34. The van der Waals surface area contributed by atoms with Crippen LogP contribution in [0.1, 0.15) is 22.0 Å². The topological polar surface area (TPSA) is 38.0 Å². The van der Waals surface area contributed by atoms with E-state index in [0.717, 1.165) is 26.4 Å². The number of hydrazine groups is 1. The summed E-state index contributed by atoms with van der Waals surface area (Å²) in [6.07, 6.45) is -4.32. The van der Waals surface area contributed by atoms with Crippen LogP contribution in [0.25, 0.3) is 9.40 Å². The molecule has 3 rings (SSSR count). The largest absolute Gasteiger partial charge is 0.416 e. The quantitative estimate of drug-likeness (QED) is 0.547. The Hall–Kier alpha value is -1.41. The van der Waals surface area contributed by atoms with E-state index >= 15 is 0 Å². The molecular formula is C14H11F3N2S2. The molecule has 0 amide bonds. The van der Waals surface area contributed by atoms with E-state index in [1.54, 1.807) is 22.7 Å². The molecule has 1 aromatic carbocycles. The van der Waals surface area contributed by atoms with Gasteiger partial charge in [-0.3, -0.25) is 5.84 Å². The lowest BCUT2D eigenvalue weighted by Gasteiger charge is -2.15. The van der Waals surface area contributed by atoms with Crippen molar-refractivity contribution in [3.8, 4) is 0 Å². The average molecular weight is 328 g/mol. The maximum atomic E-state index is 12.6. The second kappa shape index (κ2) is 5.42. The van der Waals surface area contributed by atoms with Gasteiger partial charge in [-0.1, -0.05) is 12.1 Å². The second-order valence-electron chi connectivity index (χ2n) is 4.52. The third-order valence-electron chi connectivity index (χ3n) is 3.18. The molecule has 2 heterocycles. The Kier molecular flexibility index (Phi) is 3.75. The number of hydrogen-bond acceptors (Lipinski definition) is 4. The molecular weight excluding hydrogens is 317 g/mol. The highest BCUT2D eigenvalue weighted by Crippen LogP contribution is 2.36.